The quantitative estimate of drug-likeness (QED) is 0.617. The molecule has 1 aliphatic heterocycles. The molecule has 1 fully saturated rings. The predicted octanol–water partition coefficient (Wildman–Crippen LogP) is 3.66. The Morgan fingerprint density at radius 2 is 2.10 bits per heavy atom. The van der Waals surface area contributed by atoms with Gasteiger partial charge in [-0.3, -0.25) is 14.7 Å². The van der Waals surface area contributed by atoms with E-state index in [-0.39, 0.29) is 11.7 Å². The van der Waals surface area contributed by atoms with E-state index in [1.807, 2.05) is 22.7 Å². The van der Waals surface area contributed by atoms with Gasteiger partial charge in [0.2, 0.25) is 5.91 Å². The third-order valence-corrected chi connectivity index (χ3v) is 6.50. The SMILES string of the molecule is CCn1c(CN(Cc2cncs2)C2CCN(C(C)=O)CC2)nc2c(F)cccc21. The molecule has 8 heteroatoms. The molecule has 1 aliphatic rings. The highest BCUT2D eigenvalue weighted by Crippen LogP contribution is 2.25. The minimum absolute atomic E-state index is 0.140. The fourth-order valence-electron chi connectivity index (χ4n) is 4.20. The number of amides is 1. The number of halogens is 1. The summed E-state index contributed by atoms with van der Waals surface area (Å²) in [6.07, 6.45) is 3.77. The van der Waals surface area contributed by atoms with Crippen LogP contribution in [0.5, 0.6) is 0 Å². The van der Waals surface area contributed by atoms with Crippen molar-refractivity contribution in [2.24, 2.45) is 0 Å². The molecule has 1 saturated heterocycles. The maximum atomic E-state index is 14.3. The van der Waals surface area contributed by atoms with Crippen LogP contribution in [-0.4, -0.2) is 49.4 Å². The molecule has 4 rings (SSSR count). The molecule has 2 aromatic heterocycles. The van der Waals surface area contributed by atoms with E-state index in [9.17, 15) is 9.18 Å². The molecule has 1 amide bonds. The number of carbonyl (C=O) groups excluding carboxylic acids is 1. The Bertz CT molecular complexity index is 979. The van der Waals surface area contributed by atoms with Crippen LogP contribution in [0, 0.1) is 5.82 Å². The zero-order chi connectivity index (χ0) is 20.4. The van der Waals surface area contributed by atoms with Crippen LogP contribution >= 0.6 is 11.3 Å². The van der Waals surface area contributed by atoms with Gasteiger partial charge >= 0.3 is 0 Å². The smallest absolute Gasteiger partial charge is 0.219 e. The molecule has 3 heterocycles. The Morgan fingerprint density at radius 3 is 2.76 bits per heavy atom. The van der Waals surface area contributed by atoms with E-state index in [4.69, 9.17) is 0 Å². The van der Waals surface area contributed by atoms with Crippen molar-refractivity contribution in [2.45, 2.75) is 52.4 Å². The monoisotopic (exact) mass is 415 g/mol. The van der Waals surface area contributed by atoms with Crippen LogP contribution in [0.2, 0.25) is 0 Å². The summed E-state index contributed by atoms with van der Waals surface area (Å²) in [7, 11) is 0. The molecule has 0 spiro atoms. The van der Waals surface area contributed by atoms with Crippen LogP contribution < -0.4 is 0 Å². The molecule has 154 valence electrons. The Hall–Kier alpha value is -2.32. The zero-order valence-electron chi connectivity index (χ0n) is 16.8. The average Bonchev–Trinajstić information content (AvgIpc) is 3.35. The number of thiazole rings is 1. The van der Waals surface area contributed by atoms with Crippen molar-refractivity contribution < 1.29 is 9.18 Å². The lowest BCUT2D eigenvalue weighted by Crippen LogP contribution is -2.45. The summed E-state index contributed by atoms with van der Waals surface area (Å²) < 4.78 is 16.4. The average molecular weight is 416 g/mol. The van der Waals surface area contributed by atoms with Crippen molar-refractivity contribution in [3.8, 4) is 0 Å². The molecule has 0 radical (unpaired) electrons. The van der Waals surface area contributed by atoms with Gasteiger partial charge in [-0.25, -0.2) is 9.37 Å². The number of aryl methyl sites for hydroxylation is 1. The first-order valence-electron chi connectivity index (χ1n) is 10.1. The lowest BCUT2D eigenvalue weighted by Gasteiger charge is -2.38. The van der Waals surface area contributed by atoms with Gasteiger partial charge in [-0.2, -0.15) is 0 Å². The maximum Gasteiger partial charge on any atom is 0.219 e. The van der Waals surface area contributed by atoms with Crippen molar-refractivity contribution in [1.29, 1.82) is 0 Å². The van der Waals surface area contributed by atoms with Gasteiger partial charge in [0, 0.05) is 50.2 Å². The van der Waals surface area contributed by atoms with Gasteiger partial charge < -0.3 is 9.47 Å². The fraction of sp³-hybridized carbons (Fsp3) is 0.476. The number of piperidine rings is 1. The minimum Gasteiger partial charge on any atom is -0.343 e. The predicted molar refractivity (Wildman–Crippen MR) is 112 cm³/mol. The molecule has 0 saturated carbocycles. The van der Waals surface area contributed by atoms with E-state index in [1.54, 1.807) is 24.3 Å². The summed E-state index contributed by atoms with van der Waals surface area (Å²) in [5.41, 5.74) is 3.13. The Morgan fingerprint density at radius 1 is 1.31 bits per heavy atom. The molecular weight excluding hydrogens is 389 g/mol. The number of likely N-dealkylation sites (tertiary alicyclic amines) is 1. The van der Waals surface area contributed by atoms with E-state index < -0.39 is 0 Å². The van der Waals surface area contributed by atoms with Crippen LogP contribution in [0.15, 0.2) is 29.9 Å². The largest absolute Gasteiger partial charge is 0.343 e. The van der Waals surface area contributed by atoms with Crippen molar-refractivity contribution in [3.05, 3.63) is 46.4 Å². The molecule has 29 heavy (non-hydrogen) atoms. The summed E-state index contributed by atoms with van der Waals surface area (Å²) in [4.78, 5) is 26.1. The van der Waals surface area contributed by atoms with E-state index in [2.05, 4.69) is 26.4 Å². The third-order valence-electron chi connectivity index (χ3n) is 5.74. The minimum atomic E-state index is -0.278. The number of carbonyl (C=O) groups is 1. The second-order valence-corrected chi connectivity index (χ2v) is 8.46. The summed E-state index contributed by atoms with van der Waals surface area (Å²) in [5.74, 6) is 0.742. The van der Waals surface area contributed by atoms with Crippen molar-refractivity contribution in [3.63, 3.8) is 0 Å². The molecule has 3 aromatic rings. The van der Waals surface area contributed by atoms with E-state index in [0.717, 1.165) is 50.4 Å². The molecule has 0 N–H and O–H groups in total. The highest BCUT2D eigenvalue weighted by molar-refractivity contribution is 7.09. The molecule has 0 atom stereocenters. The number of hydrogen-bond donors (Lipinski definition) is 0. The normalized spacial score (nSPS) is 15.5. The van der Waals surface area contributed by atoms with Gasteiger partial charge in [-0.15, -0.1) is 11.3 Å². The summed E-state index contributed by atoms with van der Waals surface area (Å²) in [6.45, 7) is 7.42. The number of para-hydroxylation sites is 1. The summed E-state index contributed by atoms with van der Waals surface area (Å²) in [6, 6.07) is 5.48. The molecule has 1 aromatic carbocycles. The number of nitrogens with zero attached hydrogens (tertiary/aromatic N) is 5. The van der Waals surface area contributed by atoms with Crippen LogP contribution in [0.1, 0.15) is 37.4 Å². The first-order valence-corrected chi connectivity index (χ1v) is 10.9. The number of imidazole rings is 1. The standard InChI is InChI=1S/C21H26FN5OS/c1-3-27-19-6-4-5-18(22)21(19)24-20(27)13-26(12-17-11-23-14-29-17)16-7-9-25(10-8-16)15(2)28/h4-6,11,14,16H,3,7-10,12-13H2,1-2H3. The number of rotatable bonds is 6. The molecule has 0 unspecified atom stereocenters. The van der Waals surface area contributed by atoms with E-state index in [0.29, 0.717) is 18.1 Å². The Labute approximate surface area is 174 Å². The number of hydrogen-bond acceptors (Lipinski definition) is 5. The van der Waals surface area contributed by atoms with E-state index >= 15 is 0 Å². The maximum absolute atomic E-state index is 14.3. The molecule has 0 bridgehead atoms. The van der Waals surface area contributed by atoms with Crippen LogP contribution in [0.25, 0.3) is 11.0 Å². The molecule has 6 nitrogen and oxygen atoms in total. The lowest BCUT2D eigenvalue weighted by molar-refractivity contribution is -0.130. The second-order valence-electron chi connectivity index (χ2n) is 7.49. The summed E-state index contributed by atoms with van der Waals surface area (Å²) >= 11 is 1.64. The lowest BCUT2D eigenvalue weighted by atomic mass is 10.0. The van der Waals surface area contributed by atoms with Gasteiger partial charge in [0.25, 0.3) is 0 Å². The van der Waals surface area contributed by atoms with Crippen LogP contribution in [0.3, 0.4) is 0 Å². The van der Waals surface area contributed by atoms with Gasteiger partial charge in [0.05, 0.1) is 17.6 Å². The van der Waals surface area contributed by atoms with Crippen molar-refractivity contribution >= 4 is 28.3 Å². The van der Waals surface area contributed by atoms with Gasteiger partial charge in [-0.05, 0) is 31.9 Å². The van der Waals surface area contributed by atoms with Crippen LogP contribution in [0.4, 0.5) is 4.39 Å². The first-order chi connectivity index (χ1) is 14.1. The van der Waals surface area contributed by atoms with Crippen molar-refractivity contribution in [2.75, 3.05) is 13.1 Å². The molecular formula is C21H26FN5OS. The first kappa shape index (κ1) is 20.0. The van der Waals surface area contributed by atoms with Gasteiger partial charge in [0.15, 0.2) is 5.82 Å². The Balaban J connectivity index is 1.61. The van der Waals surface area contributed by atoms with Crippen LogP contribution in [-0.2, 0) is 24.4 Å². The van der Waals surface area contributed by atoms with E-state index in [1.165, 1.54) is 10.9 Å². The van der Waals surface area contributed by atoms with Gasteiger partial charge in [-0.1, -0.05) is 6.07 Å². The highest BCUT2D eigenvalue weighted by Gasteiger charge is 2.27. The second kappa shape index (κ2) is 8.59. The number of fused-ring (bicyclic) bond motifs is 1. The third kappa shape index (κ3) is 4.18. The zero-order valence-corrected chi connectivity index (χ0v) is 17.7. The highest BCUT2D eigenvalue weighted by atomic mass is 32.1. The number of aromatic nitrogens is 3. The Kier molecular flexibility index (Phi) is 5.91. The fourth-order valence-corrected chi connectivity index (χ4v) is 4.82. The van der Waals surface area contributed by atoms with Crippen molar-refractivity contribution in [1.82, 2.24) is 24.3 Å². The topological polar surface area (TPSA) is 54.3 Å². The summed E-state index contributed by atoms with van der Waals surface area (Å²) in [5, 5.41) is 0. The molecule has 0 aliphatic carbocycles. The number of benzene rings is 1. The van der Waals surface area contributed by atoms with Gasteiger partial charge in [0.1, 0.15) is 11.3 Å².